The van der Waals surface area contributed by atoms with Crippen molar-refractivity contribution in [3.8, 4) is 0 Å². The number of pyridine rings is 1. The number of piperidine rings is 1. The van der Waals surface area contributed by atoms with Gasteiger partial charge in [0, 0.05) is 29.8 Å². The summed E-state index contributed by atoms with van der Waals surface area (Å²) in [5.74, 6) is 1.12. The predicted octanol–water partition coefficient (Wildman–Crippen LogP) is 2.91. The van der Waals surface area contributed by atoms with Gasteiger partial charge >= 0.3 is 0 Å². The van der Waals surface area contributed by atoms with Gasteiger partial charge in [-0.3, -0.25) is 0 Å². The van der Waals surface area contributed by atoms with Crippen LogP contribution in [0.15, 0.2) is 22.8 Å². The number of aromatic nitrogens is 1. The summed E-state index contributed by atoms with van der Waals surface area (Å²) in [6.07, 6.45) is 7.25. The number of hydrogen-bond donors (Lipinski definition) is 0. The Balaban J connectivity index is 1.59. The van der Waals surface area contributed by atoms with Crippen molar-refractivity contribution in [3.63, 3.8) is 0 Å². The number of anilines is 1. The molecule has 0 N–H and O–H groups in total. The highest BCUT2D eigenvalue weighted by molar-refractivity contribution is 9.10. The molecular weight excluding hydrogens is 290 g/mol. The van der Waals surface area contributed by atoms with E-state index in [1.165, 1.54) is 38.8 Å². The molecule has 3 heterocycles. The molecule has 0 amide bonds. The average molecular weight is 310 g/mol. The minimum Gasteiger partial charge on any atom is -0.356 e. The Labute approximate surface area is 117 Å². The Morgan fingerprint density at radius 1 is 1.11 bits per heavy atom. The van der Waals surface area contributed by atoms with E-state index in [1.54, 1.807) is 0 Å². The third kappa shape index (κ3) is 2.69. The molecule has 0 atom stereocenters. The topological polar surface area (TPSA) is 19.4 Å². The molecule has 98 valence electrons. The normalized spacial score (nSPS) is 22.6. The zero-order valence-corrected chi connectivity index (χ0v) is 12.3. The molecule has 1 aromatic heterocycles. The van der Waals surface area contributed by atoms with Gasteiger partial charge in [-0.15, -0.1) is 0 Å². The highest BCUT2D eigenvalue weighted by Gasteiger charge is 2.26. The fourth-order valence-electron chi connectivity index (χ4n) is 3.13. The van der Waals surface area contributed by atoms with E-state index in [1.807, 2.05) is 12.3 Å². The van der Waals surface area contributed by atoms with Crippen LogP contribution in [-0.4, -0.2) is 42.1 Å². The summed E-state index contributed by atoms with van der Waals surface area (Å²) in [4.78, 5) is 9.57. The Hall–Kier alpha value is -0.610. The van der Waals surface area contributed by atoms with Crippen molar-refractivity contribution in [1.29, 1.82) is 0 Å². The van der Waals surface area contributed by atoms with Crippen LogP contribution in [-0.2, 0) is 0 Å². The van der Waals surface area contributed by atoms with Crippen molar-refractivity contribution >= 4 is 21.7 Å². The van der Waals surface area contributed by atoms with Crippen molar-refractivity contribution in [2.24, 2.45) is 0 Å². The van der Waals surface area contributed by atoms with Crippen molar-refractivity contribution < 1.29 is 0 Å². The van der Waals surface area contributed by atoms with Crippen LogP contribution in [0.25, 0.3) is 0 Å². The summed E-state index contributed by atoms with van der Waals surface area (Å²) in [5.41, 5.74) is 0. The number of nitrogens with zero attached hydrogens (tertiary/aromatic N) is 3. The second kappa shape index (κ2) is 5.57. The molecule has 0 saturated carbocycles. The minimum atomic E-state index is 0.816. The van der Waals surface area contributed by atoms with E-state index in [4.69, 9.17) is 0 Å². The standard InChI is InChI=1S/C14H20BrN3/c15-12-3-6-16-14(11-12)18-9-4-13(5-10-18)17-7-1-2-8-17/h3,6,11,13H,1-2,4-5,7-10H2. The van der Waals surface area contributed by atoms with Gasteiger partial charge in [0.25, 0.3) is 0 Å². The molecule has 0 unspecified atom stereocenters. The number of likely N-dealkylation sites (tertiary alicyclic amines) is 1. The van der Waals surface area contributed by atoms with Gasteiger partial charge in [-0.1, -0.05) is 15.9 Å². The molecule has 18 heavy (non-hydrogen) atoms. The molecular formula is C14H20BrN3. The molecule has 4 heteroatoms. The predicted molar refractivity (Wildman–Crippen MR) is 78.0 cm³/mol. The summed E-state index contributed by atoms with van der Waals surface area (Å²) >= 11 is 3.52. The fourth-order valence-corrected chi connectivity index (χ4v) is 3.46. The molecule has 0 aromatic carbocycles. The van der Waals surface area contributed by atoms with E-state index in [-0.39, 0.29) is 0 Å². The van der Waals surface area contributed by atoms with Gasteiger partial charge in [0.05, 0.1) is 0 Å². The Bertz CT molecular complexity index is 396. The van der Waals surface area contributed by atoms with Crippen molar-refractivity contribution in [3.05, 3.63) is 22.8 Å². The highest BCUT2D eigenvalue weighted by atomic mass is 79.9. The van der Waals surface area contributed by atoms with Crippen LogP contribution in [0.1, 0.15) is 25.7 Å². The van der Waals surface area contributed by atoms with Gasteiger partial charge < -0.3 is 9.80 Å². The molecule has 1 aromatic rings. The highest BCUT2D eigenvalue weighted by Crippen LogP contribution is 2.25. The zero-order valence-electron chi connectivity index (χ0n) is 10.7. The van der Waals surface area contributed by atoms with E-state index in [2.05, 4.69) is 36.8 Å². The molecule has 0 bridgehead atoms. The molecule has 3 rings (SSSR count). The van der Waals surface area contributed by atoms with Crippen LogP contribution in [0.3, 0.4) is 0 Å². The number of hydrogen-bond acceptors (Lipinski definition) is 3. The molecule has 2 fully saturated rings. The van der Waals surface area contributed by atoms with Crippen LogP contribution in [0.2, 0.25) is 0 Å². The SMILES string of the molecule is Brc1ccnc(N2CCC(N3CCCC3)CC2)c1. The van der Waals surface area contributed by atoms with Crippen molar-refractivity contribution in [1.82, 2.24) is 9.88 Å². The monoisotopic (exact) mass is 309 g/mol. The molecule has 2 saturated heterocycles. The maximum atomic E-state index is 4.47. The van der Waals surface area contributed by atoms with Crippen LogP contribution < -0.4 is 4.90 Å². The Morgan fingerprint density at radius 3 is 2.50 bits per heavy atom. The lowest BCUT2D eigenvalue weighted by molar-refractivity contribution is 0.207. The Morgan fingerprint density at radius 2 is 1.83 bits per heavy atom. The van der Waals surface area contributed by atoms with E-state index < -0.39 is 0 Å². The lowest BCUT2D eigenvalue weighted by atomic mass is 10.0. The number of rotatable bonds is 2. The van der Waals surface area contributed by atoms with E-state index in [0.29, 0.717) is 0 Å². The third-order valence-electron chi connectivity index (χ3n) is 4.15. The molecule has 0 radical (unpaired) electrons. The first-order valence-corrected chi connectivity index (χ1v) is 7.73. The second-order valence-electron chi connectivity index (χ2n) is 5.29. The van der Waals surface area contributed by atoms with Gasteiger partial charge in [0.1, 0.15) is 5.82 Å². The first-order valence-electron chi connectivity index (χ1n) is 6.93. The number of halogens is 1. The Kier molecular flexibility index (Phi) is 3.85. The van der Waals surface area contributed by atoms with Gasteiger partial charge in [-0.05, 0) is 50.9 Å². The van der Waals surface area contributed by atoms with Crippen LogP contribution >= 0.6 is 15.9 Å². The fraction of sp³-hybridized carbons (Fsp3) is 0.643. The maximum Gasteiger partial charge on any atom is 0.129 e. The van der Waals surface area contributed by atoms with E-state index >= 15 is 0 Å². The summed E-state index contributed by atoms with van der Waals surface area (Å²) < 4.78 is 1.12. The van der Waals surface area contributed by atoms with E-state index in [9.17, 15) is 0 Å². The van der Waals surface area contributed by atoms with E-state index in [0.717, 1.165) is 29.4 Å². The molecule has 0 spiro atoms. The lowest BCUT2D eigenvalue weighted by Gasteiger charge is -2.37. The van der Waals surface area contributed by atoms with Crippen molar-refractivity contribution in [2.75, 3.05) is 31.1 Å². The van der Waals surface area contributed by atoms with Gasteiger partial charge in [0.15, 0.2) is 0 Å². The maximum absolute atomic E-state index is 4.47. The quantitative estimate of drug-likeness (QED) is 0.837. The lowest BCUT2D eigenvalue weighted by Crippen LogP contribution is -2.44. The summed E-state index contributed by atoms with van der Waals surface area (Å²) in [5, 5.41) is 0. The smallest absolute Gasteiger partial charge is 0.129 e. The first kappa shape index (κ1) is 12.4. The molecule has 2 aliphatic heterocycles. The third-order valence-corrected chi connectivity index (χ3v) is 4.65. The first-order chi connectivity index (χ1) is 8.83. The average Bonchev–Trinajstić information content (AvgIpc) is 2.93. The summed E-state index contributed by atoms with van der Waals surface area (Å²) in [6.45, 7) is 4.93. The van der Waals surface area contributed by atoms with Crippen LogP contribution in [0, 0.1) is 0 Å². The van der Waals surface area contributed by atoms with Crippen LogP contribution in [0.4, 0.5) is 5.82 Å². The van der Waals surface area contributed by atoms with Crippen LogP contribution in [0.5, 0.6) is 0 Å². The minimum absolute atomic E-state index is 0.816. The largest absolute Gasteiger partial charge is 0.356 e. The summed E-state index contributed by atoms with van der Waals surface area (Å²) in [6, 6.07) is 4.92. The zero-order chi connectivity index (χ0) is 12.4. The van der Waals surface area contributed by atoms with Gasteiger partial charge in [0.2, 0.25) is 0 Å². The second-order valence-corrected chi connectivity index (χ2v) is 6.21. The summed E-state index contributed by atoms with van der Waals surface area (Å²) in [7, 11) is 0. The molecule has 3 nitrogen and oxygen atoms in total. The van der Waals surface area contributed by atoms with Gasteiger partial charge in [-0.25, -0.2) is 4.98 Å². The van der Waals surface area contributed by atoms with Gasteiger partial charge in [-0.2, -0.15) is 0 Å². The molecule has 0 aliphatic carbocycles. The van der Waals surface area contributed by atoms with Crippen molar-refractivity contribution in [2.45, 2.75) is 31.7 Å². The molecule has 2 aliphatic rings.